The summed E-state index contributed by atoms with van der Waals surface area (Å²) in [6, 6.07) is 7.84. The highest BCUT2D eigenvalue weighted by atomic mass is 35.5. The minimum Gasteiger partial charge on any atom is -0.351 e. The summed E-state index contributed by atoms with van der Waals surface area (Å²) in [6.07, 6.45) is 2.22. The molecule has 1 saturated heterocycles. The van der Waals surface area contributed by atoms with Gasteiger partial charge in [-0.15, -0.1) is 0 Å². The second kappa shape index (κ2) is 7.78. The Labute approximate surface area is 131 Å². The Bertz CT molecular complexity index is 463. The third-order valence-electron chi connectivity index (χ3n) is 4.12. The van der Waals surface area contributed by atoms with Crippen molar-refractivity contribution >= 4 is 17.5 Å². The minimum absolute atomic E-state index is 0.0537. The van der Waals surface area contributed by atoms with E-state index in [0.29, 0.717) is 36.6 Å². The van der Waals surface area contributed by atoms with Gasteiger partial charge in [0.2, 0.25) is 5.91 Å². The molecule has 0 aliphatic carbocycles. The first kappa shape index (κ1) is 16.3. The molecule has 3 N–H and O–H groups in total. The smallest absolute Gasteiger partial charge is 0.234 e. The van der Waals surface area contributed by atoms with Crippen molar-refractivity contribution in [1.82, 2.24) is 10.2 Å². The van der Waals surface area contributed by atoms with Crippen LogP contribution in [0.25, 0.3) is 0 Å². The Hall–Kier alpha value is -1.10. The number of piperidine rings is 1. The van der Waals surface area contributed by atoms with Crippen molar-refractivity contribution in [3.8, 4) is 0 Å². The van der Waals surface area contributed by atoms with Gasteiger partial charge in [0.25, 0.3) is 0 Å². The topological polar surface area (TPSA) is 58.4 Å². The van der Waals surface area contributed by atoms with E-state index in [4.69, 9.17) is 17.3 Å². The molecule has 1 aromatic rings. The molecule has 2 atom stereocenters. The molecule has 116 valence electrons. The number of rotatable bonds is 5. The standard InChI is InChI=1S/C16H24ClN3O/c1-12-6-7-20(15(8-12)9-18)11-16(21)19-10-13-2-4-14(17)5-3-13/h2-5,12,15H,6-11,18H2,1H3,(H,19,21). The summed E-state index contributed by atoms with van der Waals surface area (Å²) in [6.45, 7) is 4.79. The molecule has 1 amide bonds. The van der Waals surface area contributed by atoms with E-state index < -0.39 is 0 Å². The second-order valence-electron chi connectivity index (χ2n) is 5.89. The molecule has 1 aliphatic rings. The van der Waals surface area contributed by atoms with Gasteiger partial charge in [0.1, 0.15) is 0 Å². The molecule has 0 aromatic heterocycles. The molecule has 21 heavy (non-hydrogen) atoms. The lowest BCUT2D eigenvalue weighted by Crippen LogP contribution is -2.50. The highest BCUT2D eigenvalue weighted by Crippen LogP contribution is 2.21. The fourth-order valence-electron chi connectivity index (χ4n) is 2.80. The van der Waals surface area contributed by atoms with Crippen molar-refractivity contribution in [3.63, 3.8) is 0 Å². The maximum atomic E-state index is 12.1. The average Bonchev–Trinajstić information content (AvgIpc) is 2.48. The minimum atomic E-state index is 0.0537. The number of benzene rings is 1. The summed E-state index contributed by atoms with van der Waals surface area (Å²) >= 11 is 5.84. The van der Waals surface area contributed by atoms with Gasteiger partial charge in [0.05, 0.1) is 6.54 Å². The predicted molar refractivity (Wildman–Crippen MR) is 86.1 cm³/mol. The van der Waals surface area contributed by atoms with Crippen molar-refractivity contribution in [2.75, 3.05) is 19.6 Å². The van der Waals surface area contributed by atoms with Gasteiger partial charge in [-0.25, -0.2) is 0 Å². The highest BCUT2D eigenvalue weighted by Gasteiger charge is 2.26. The van der Waals surface area contributed by atoms with Gasteiger partial charge in [-0.3, -0.25) is 9.69 Å². The molecule has 1 fully saturated rings. The molecule has 1 aliphatic heterocycles. The summed E-state index contributed by atoms with van der Waals surface area (Å²) < 4.78 is 0. The summed E-state index contributed by atoms with van der Waals surface area (Å²) in [5, 5.41) is 3.66. The number of nitrogens with one attached hydrogen (secondary N) is 1. The van der Waals surface area contributed by atoms with Crippen LogP contribution in [0.2, 0.25) is 5.02 Å². The van der Waals surface area contributed by atoms with Gasteiger partial charge in [0, 0.05) is 24.2 Å². The maximum absolute atomic E-state index is 12.1. The molecular weight excluding hydrogens is 286 g/mol. The lowest BCUT2D eigenvalue weighted by atomic mass is 9.92. The molecule has 1 heterocycles. The van der Waals surface area contributed by atoms with Crippen molar-refractivity contribution in [2.24, 2.45) is 11.7 Å². The second-order valence-corrected chi connectivity index (χ2v) is 6.33. The largest absolute Gasteiger partial charge is 0.351 e. The summed E-state index contributed by atoms with van der Waals surface area (Å²) in [7, 11) is 0. The van der Waals surface area contributed by atoms with Crippen LogP contribution in [0, 0.1) is 5.92 Å². The van der Waals surface area contributed by atoms with E-state index in [1.165, 1.54) is 0 Å². The van der Waals surface area contributed by atoms with Crippen LogP contribution in [0.1, 0.15) is 25.3 Å². The maximum Gasteiger partial charge on any atom is 0.234 e. The zero-order valence-corrected chi connectivity index (χ0v) is 13.3. The number of hydrogen-bond donors (Lipinski definition) is 2. The number of halogens is 1. The number of carbonyl (C=O) groups excluding carboxylic acids is 1. The highest BCUT2D eigenvalue weighted by molar-refractivity contribution is 6.30. The van der Waals surface area contributed by atoms with Crippen LogP contribution in [0.5, 0.6) is 0 Å². The van der Waals surface area contributed by atoms with E-state index in [1.54, 1.807) is 0 Å². The lowest BCUT2D eigenvalue weighted by Gasteiger charge is -2.37. The van der Waals surface area contributed by atoms with Crippen LogP contribution >= 0.6 is 11.6 Å². The monoisotopic (exact) mass is 309 g/mol. The van der Waals surface area contributed by atoms with Gasteiger partial charge >= 0.3 is 0 Å². The van der Waals surface area contributed by atoms with Crippen molar-refractivity contribution in [2.45, 2.75) is 32.4 Å². The number of hydrogen-bond acceptors (Lipinski definition) is 3. The van der Waals surface area contributed by atoms with Gasteiger partial charge in [-0.05, 0) is 43.0 Å². The third kappa shape index (κ3) is 4.99. The number of nitrogens with two attached hydrogens (primary N) is 1. The average molecular weight is 310 g/mol. The van der Waals surface area contributed by atoms with E-state index in [-0.39, 0.29) is 5.91 Å². The molecular formula is C16H24ClN3O. The van der Waals surface area contributed by atoms with E-state index in [0.717, 1.165) is 24.9 Å². The number of nitrogens with zero attached hydrogens (tertiary/aromatic N) is 1. The number of likely N-dealkylation sites (tertiary alicyclic amines) is 1. The van der Waals surface area contributed by atoms with Gasteiger partial charge in [-0.1, -0.05) is 30.7 Å². The van der Waals surface area contributed by atoms with Crippen LogP contribution < -0.4 is 11.1 Å². The fourth-order valence-corrected chi connectivity index (χ4v) is 2.92. The molecule has 2 unspecified atom stereocenters. The Kier molecular flexibility index (Phi) is 6.03. The van der Waals surface area contributed by atoms with E-state index >= 15 is 0 Å². The van der Waals surface area contributed by atoms with E-state index in [2.05, 4.69) is 17.1 Å². The van der Waals surface area contributed by atoms with E-state index in [1.807, 2.05) is 24.3 Å². The normalized spacial score (nSPS) is 23.0. The molecule has 0 radical (unpaired) electrons. The zero-order valence-electron chi connectivity index (χ0n) is 12.5. The van der Waals surface area contributed by atoms with Crippen LogP contribution in [-0.4, -0.2) is 36.5 Å². The Morgan fingerprint density at radius 1 is 1.43 bits per heavy atom. The van der Waals surface area contributed by atoms with E-state index in [9.17, 15) is 4.79 Å². The fraction of sp³-hybridized carbons (Fsp3) is 0.562. The molecule has 4 nitrogen and oxygen atoms in total. The van der Waals surface area contributed by atoms with Gasteiger partial charge in [0.15, 0.2) is 0 Å². The van der Waals surface area contributed by atoms with Crippen LogP contribution in [-0.2, 0) is 11.3 Å². The quantitative estimate of drug-likeness (QED) is 0.875. The van der Waals surface area contributed by atoms with Crippen molar-refractivity contribution < 1.29 is 4.79 Å². The molecule has 5 heteroatoms. The first-order chi connectivity index (χ1) is 10.1. The molecule has 0 spiro atoms. The number of carbonyl (C=O) groups is 1. The van der Waals surface area contributed by atoms with Crippen molar-refractivity contribution in [3.05, 3.63) is 34.9 Å². The van der Waals surface area contributed by atoms with Gasteiger partial charge < -0.3 is 11.1 Å². The first-order valence-electron chi connectivity index (χ1n) is 7.53. The molecule has 0 saturated carbocycles. The molecule has 1 aromatic carbocycles. The Morgan fingerprint density at radius 3 is 2.81 bits per heavy atom. The Balaban J connectivity index is 1.79. The molecule has 2 rings (SSSR count). The Morgan fingerprint density at radius 2 is 2.14 bits per heavy atom. The van der Waals surface area contributed by atoms with Crippen molar-refractivity contribution in [1.29, 1.82) is 0 Å². The summed E-state index contributed by atoms with van der Waals surface area (Å²) in [5.74, 6) is 0.755. The van der Waals surface area contributed by atoms with Gasteiger partial charge in [-0.2, -0.15) is 0 Å². The molecule has 0 bridgehead atoms. The van der Waals surface area contributed by atoms with Crippen LogP contribution in [0.4, 0.5) is 0 Å². The summed E-state index contributed by atoms with van der Waals surface area (Å²) in [4.78, 5) is 14.3. The van der Waals surface area contributed by atoms with Crippen LogP contribution in [0.15, 0.2) is 24.3 Å². The SMILES string of the molecule is CC1CCN(CC(=O)NCc2ccc(Cl)cc2)C(CN)C1. The third-order valence-corrected chi connectivity index (χ3v) is 4.37. The number of amides is 1. The first-order valence-corrected chi connectivity index (χ1v) is 7.91. The lowest BCUT2D eigenvalue weighted by molar-refractivity contribution is -0.123. The predicted octanol–water partition coefficient (Wildman–Crippen LogP) is 2.02. The van der Waals surface area contributed by atoms with Crippen LogP contribution in [0.3, 0.4) is 0 Å². The zero-order chi connectivity index (χ0) is 15.2. The summed E-state index contributed by atoms with van der Waals surface area (Å²) in [5.41, 5.74) is 6.88.